The lowest BCUT2D eigenvalue weighted by Gasteiger charge is -2.27. The second-order valence-corrected chi connectivity index (χ2v) is 8.43. The zero-order valence-electron chi connectivity index (χ0n) is 19.3. The molecule has 0 spiro atoms. The van der Waals surface area contributed by atoms with Crippen molar-refractivity contribution in [2.75, 3.05) is 11.9 Å². The Bertz CT molecular complexity index is 1430. The monoisotopic (exact) mass is 481 g/mol. The highest BCUT2D eigenvalue weighted by Gasteiger charge is 2.32. The van der Waals surface area contributed by atoms with Gasteiger partial charge in [0.25, 0.3) is 17.7 Å². The van der Waals surface area contributed by atoms with Crippen LogP contribution in [0.4, 0.5) is 5.69 Å². The predicted molar refractivity (Wildman–Crippen MR) is 133 cm³/mol. The van der Waals surface area contributed by atoms with E-state index in [1.54, 1.807) is 60.7 Å². The Hall–Kier alpha value is -4.72. The molecule has 1 aliphatic heterocycles. The Morgan fingerprint density at radius 3 is 2.25 bits per heavy atom. The highest BCUT2D eigenvalue weighted by Crippen LogP contribution is 2.30. The third-order valence-electron chi connectivity index (χ3n) is 6.09. The maximum Gasteiger partial charge on any atom is 0.261 e. The number of furan rings is 1. The zero-order valence-corrected chi connectivity index (χ0v) is 19.3. The third kappa shape index (κ3) is 4.48. The molecule has 0 bridgehead atoms. The number of para-hydroxylation sites is 1. The van der Waals surface area contributed by atoms with E-state index in [9.17, 15) is 19.2 Å². The summed E-state index contributed by atoms with van der Waals surface area (Å²) in [5.74, 6) is -0.766. The van der Waals surface area contributed by atoms with Crippen molar-refractivity contribution in [2.24, 2.45) is 0 Å². The van der Waals surface area contributed by atoms with E-state index < -0.39 is 0 Å². The molecule has 8 heteroatoms. The molecule has 0 radical (unpaired) electrons. The number of carbonyl (C=O) groups excluding carboxylic acids is 4. The molecule has 0 saturated carbocycles. The molecule has 5 rings (SSSR count). The maximum absolute atomic E-state index is 13.0. The normalized spacial score (nSPS) is 12.6. The van der Waals surface area contributed by atoms with Gasteiger partial charge in [-0.05, 0) is 48.2 Å². The Kier molecular flexibility index (Phi) is 6.32. The van der Waals surface area contributed by atoms with Crippen LogP contribution in [-0.4, -0.2) is 35.1 Å². The van der Waals surface area contributed by atoms with Gasteiger partial charge in [-0.25, -0.2) is 0 Å². The van der Waals surface area contributed by atoms with Crippen LogP contribution in [0.15, 0.2) is 83.5 Å². The first-order valence-corrected chi connectivity index (χ1v) is 11.6. The lowest BCUT2D eigenvalue weighted by Crippen LogP contribution is -2.41. The minimum absolute atomic E-state index is 0.0747. The van der Waals surface area contributed by atoms with Gasteiger partial charge in [0.2, 0.25) is 5.91 Å². The van der Waals surface area contributed by atoms with Gasteiger partial charge in [-0.2, -0.15) is 0 Å². The molecule has 2 heterocycles. The van der Waals surface area contributed by atoms with Crippen molar-refractivity contribution in [3.8, 4) is 0 Å². The Labute approximate surface area is 206 Å². The van der Waals surface area contributed by atoms with Crippen LogP contribution in [0.1, 0.15) is 49.7 Å². The maximum atomic E-state index is 13.0. The summed E-state index contributed by atoms with van der Waals surface area (Å²) in [5, 5.41) is 7.04. The van der Waals surface area contributed by atoms with E-state index in [1.165, 1.54) is 11.2 Å². The highest BCUT2D eigenvalue weighted by atomic mass is 16.3. The van der Waals surface area contributed by atoms with E-state index in [1.807, 2.05) is 12.1 Å². The van der Waals surface area contributed by atoms with E-state index in [0.717, 1.165) is 5.39 Å². The van der Waals surface area contributed by atoms with Crippen LogP contribution < -0.4 is 10.6 Å². The molecule has 1 aromatic heterocycles. The summed E-state index contributed by atoms with van der Waals surface area (Å²) in [6.45, 7) is 0.337. The predicted octanol–water partition coefficient (Wildman–Crippen LogP) is 4.38. The second-order valence-electron chi connectivity index (χ2n) is 8.43. The molecule has 0 fully saturated rings. The van der Waals surface area contributed by atoms with Crippen molar-refractivity contribution < 1.29 is 23.6 Å². The number of rotatable bonds is 8. The van der Waals surface area contributed by atoms with Crippen molar-refractivity contribution in [1.82, 2.24) is 10.2 Å². The van der Waals surface area contributed by atoms with E-state index in [0.29, 0.717) is 33.5 Å². The lowest BCUT2D eigenvalue weighted by molar-refractivity contribution is -0.116. The molecule has 3 aromatic carbocycles. The SMILES string of the molecule is O=C(CCCN1C(=O)c2cccc3cccc(c23)C1=O)Nc1ccccc1C(=O)NCc1ccco1. The topological polar surface area (TPSA) is 109 Å². The number of amides is 4. The molecule has 0 aliphatic carbocycles. The highest BCUT2D eigenvalue weighted by molar-refractivity contribution is 6.25. The number of imide groups is 1. The Morgan fingerprint density at radius 1 is 0.833 bits per heavy atom. The number of nitrogens with one attached hydrogen (secondary N) is 2. The van der Waals surface area contributed by atoms with E-state index in [-0.39, 0.29) is 49.6 Å². The molecule has 0 unspecified atom stereocenters. The Balaban J connectivity index is 1.20. The minimum Gasteiger partial charge on any atom is -0.467 e. The number of carbonyl (C=O) groups is 4. The van der Waals surface area contributed by atoms with Gasteiger partial charge >= 0.3 is 0 Å². The molecule has 1 aliphatic rings. The minimum atomic E-state index is -0.358. The Morgan fingerprint density at radius 2 is 1.56 bits per heavy atom. The summed E-state index contributed by atoms with van der Waals surface area (Å²) in [4.78, 5) is 52.5. The van der Waals surface area contributed by atoms with Crippen molar-refractivity contribution >= 4 is 40.1 Å². The van der Waals surface area contributed by atoms with Gasteiger partial charge in [-0.15, -0.1) is 0 Å². The van der Waals surface area contributed by atoms with Gasteiger partial charge in [0.05, 0.1) is 24.1 Å². The summed E-state index contributed by atoms with van der Waals surface area (Å²) in [6.07, 6.45) is 1.89. The summed E-state index contributed by atoms with van der Waals surface area (Å²) in [5.41, 5.74) is 1.68. The van der Waals surface area contributed by atoms with E-state index >= 15 is 0 Å². The molecule has 4 aromatic rings. The van der Waals surface area contributed by atoms with Crippen LogP contribution in [-0.2, 0) is 11.3 Å². The lowest BCUT2D eigenvalue weighted by atomic mass is 9.94. The van der Waals surface area contributed by atoms with E-state index in [2.05, 4.69) is 10.6 Å². The van der Waals surface area contributed by atoms with Crippen LogP contribution in [0.25, 0.3) is 10.8 Å². The molecule has 4 amide bonds. The van der Waals surface area contributed by atoms with Gasteiger partial charge in [-0.1, -0.05) is 36.4 Å². The van der Waals surface area contributed by atoms with Gasteiger partial charge < -0.3 is 15.1 Å². The number of hydrogen-bond donors (Lipinski definition) is 2. The summed E-state index contributed by atoms with van der Waals surface area (Å²) in [7, 11) is 0. The molecule has 2 N–H and O–H groups in total. The quantitative estimate of drug-likeness (QED) is 0.363. The molecule has 8 nitrogen and oxygen atoms in total. The van der Waals surface area contributed by atoms with Gasteiger partial charge in [0.15, 0.2) is 0 Å². The van der Waals surface area contributed by atoms with Crippen LogP contribution >= 0.6 is 0 Å². The number of nitrogens with zero attached hydrogens (tertiary/aromatic N) is 1. The molecule has 0 atom stereocenters. The molecule has 36 heavy (non-hydrogen) atoms. The second kappa shape index (κ2) is 9.87. The average molecular weight is 482 g/mol. The zero-order chi connectivity index (χ0) is 25.1. The third-order valence-corrected chi connectivity index (χ3v) is 6.09. The molecular formula is C28H23N3O5. The smallest absolute Gasteiger partial charge is 0.261 e. The standard InChI is InChI=1S/C28H23N3O5/c32-24(30-23-13-2-1-10-20(23)26(33)29-17-19-9-6-16-36-19)14-5-15-31-27(34)21-11-3-7-18-8-4-12-22(25(18)21)28(31)35/h1-4,6-13,16H,5,14-15,17H2,(H,29,33)(H,30,32). The first-order chi connectivity index (χ1) is 17.5. The van der Waals surface area contributed by atoms with Crippen LogP contribution in [0.3, 0.4) is 0 Å². The first kappa shape index (κ1) is 23.0. The number of hydrogen-bond acceptors (Lipinski definition) is 5. The van der Waals surface area contributed by atoms with Crippen molar-refractivity contribution in [3.63, 3.8) is 0 Å². The number of anilines is 1. The molecule has 180 valence electrons. The van der Waals surface area contributed by atoms with Gasteiger partial charge in [0.1, 0.15) is 5.76 Å². The van der Waals surface area contributed by atoms with Crippen LogP contribution in [0.5, 0.6) is 0 Å². The number of benzene rings is 3. The van der Waals surface area contributed by atoms with Crippen molar-refractivity contribution in [3.05, 3.63) is 102 Å². The molecule has 0 saturated heterocycles. The fraction of sp³-hybridized carbons (Fsp3) is 0.143. The van der Waals surface area contributed by atoms with Crippen LogP contribution in [0, 0.1) is 0 Å². The van der Waals surface area contributed by atoms with Crippen molar-refractivity contribution in [2.45, 2.75) is 19.4 Å². The average Bonchev–Trinajstić information content (AvgIpc) is 3.42. The van der Waals surface area contributed by atoms with Gasteiger partial charge in [-0.3, -0.25) is 24.1 Å². The summed E-state index contributed by atoms with van der Waals surface area (Å²) in [6, 6.07) is 21.0. The summed E-state index contributed by atoms with van der Waals surface area (Å²) >= 11 is 0. The van der Waals surface area contributed by atoms with Crippen LogP contribution in [0.2, 0.25) is 0 Å². The van der Waals surface area contributed by atoms with Crippen molar-refractivity contribution in [1.29, 1.82) is 0 Å². The summed E-state index contributed by atoms with van der Waals surface area (Å²) < 4.78 is 5.22. The fourth-order valence-corrected chi connectivity index (χ4v) is 4.36. The molecular weight excluding hydrogens is 458 g/mol. The first-order valence-electron chi connectivity index (χ1n) is 11.6. The van der Waals surface area contributed by atoms with Gasteiger partial charge in [0, 0.05) is 29.5 Å². The van der Waals surface area contributed by atoms with E-state index in [4.69, 9.17) is 4.42 Å². The fourth-order valence-electron chi connectivity index (χ4n) is 4.36. The largest absolute Gasteiger partial charge is 0.467 e.